The number of sulfonamides is 1. The number of carbonyl (C=O) groups is 2. The summed E-state index contributed by atoms with van der Waals surface area (Å²) in [6.07, 6.45) is 4.18. The lowest BCUT2D eigenvalue weighted by Crippen LogP contribution is -2.54. The molecule has 1 saturated carbocycles. The van der Waals surface area contributed by atoms with Gasteiger partial charge in [0.15, 0.2) is 0 Å². The van der Waals surface area contributed by atoms with Crippen LogP contribution in [0.3, 0.4) is 0 Å². The minimum Gasteiger partial charge on any atom is -0.352 e. The maximum Gasteiger partial charge on any atom is 0.264 e. The highest BCUT2D eigenvalue weighted by Crippen LogP contribution is 2.27. The highest BCUT2D eigenvalue weighted by molar-refractivity contribution is 7.92. The third-order valence-corrected chi connectivity index (χ3v) is 10.2. The molecular weight excluding hydrogens is 606 g/mol. The summed E-state index contributed by atoms with van der Waals surface area (Å²) in [5, 5.41) is 3.63. The van der Waals surface area contributed by atoms with Gasteiger partial charge < -0.3 is 10.2 Å². The van der Waals surface area contributed by atoms with Gasteiger partial charge in [-0.1, -0.05) is 103 Å². The van der Waals surface area contributed by atoms with Crippen molar-refractivity contribution in [2.45, 2.75) is 62.6 Å². The summed E-state index contributed by atoms with van der Waals surface area (Å²) in [6, 6.07) is 31.1. The molecule has 7 nitrogen and oxygen atoms in total. The lowest BCUT2D eigenvalue weighted by Gasteiger charge is -2.34. The minimum absolute atomic E-state index is 0.0527. The summed E-state index contributed by atoms with van der Waals surface area (Å²) >= 11 is 6.15. The van der Waals surface area contributed by atoms with Crippen LogP contribution >= 0.6 is 11.6 Å². The molecule has 45 heavy (non-hydrogen) atoms. The van der Waals surface area contributed by atoms with E-state index in [0.29, 0.717) is 10.7 Å². The zero-order valence-electron chi connectivity index (χ0n) is 25.3. The first kappa shape index (κ1) is 32.3. The van der Waals surface area contributed by atoms with Gasteiger partial charge in [0.05, 0.1) is 10.6 Å². The molecule has 1 N–H and O–H groups in total. The van der Waals surface area contributed by atoms with Gasteiger partial charge in [-0.3, -0.25) is 13.9 Å². The van der Waals surface area contributed by atoms with Crippen molar-refractivity contribution in [3.63, 3.8) is 0 Å². The van der Waals surface area contributed by atoms with E-state index in [1.54, 1.807) is 36.4 Å². The van der Waals surface area contributed by atoms with Crippen LogP contribution in [-0.2, 0) is 32.6 Å². The number of hydrogen-bond donors (Lipinski definition) is 1. The van der Waals surface area contributed by atoms with Gasteiger partial charge in [0.25, 0.3) is 10.0 Å². The van der Waals surface area contributed by atoms with E-state index in [-0.39, 0.29) is 29.8 Å². The number of rotatable bonds is 12. The van der Waals surface area contributed by atoms with Crippen molar-refractivity contribution in [3.8, 4) is 0 Å². The predicted octanol–water partition coefficient (Wildman–Crippen LogP) is 6.54. The smallest absolute Gasteiger partial charge is 0.264 e. The normalized spacial score (nSPS) is 14.1. The number of nitrogens with zero attached hydrogens (tertiary/aromatic N) is 2. The second kappa shape index (κ2) is 14.8. The highest BCUT2D eigenvalue weighted by atomic mass is 35.5. The highest BCUT2D eigenvalue weighted by Gasteiger charge is 2.35. The fourth-order valence-corrected chi connectivity index (χ4v) is 7.22. The second-order valence-electron chi connectivity index (χ2n) is 11.5. The average Bonchev–Trinajstić information content (AvgIpc) is 3.56. The Morgan fingerprint density at radius 2 is 1.40 bits per heavy atom. The quantitative estimate of drug-likeness (QED) is 0.190. The molecule has 1 fully saturated rings. The Morgan fingerprint density at radius 1 is 0.822 bits per heavy atom. The Balaban J connectivity index is 1.55. The number of benzene rings is 4. The van der Waals surface area contributed by atoms with Crippen molar-refractivity contribution in [1.29, 1.82) is 0 Å². The molecule has 0 saturated heterocycles. The summed E-state index contributed by atoms with van der Waals surface area (Å²) in [4.78, 5) is 30.1. The van der Waals surface area contributed by atoms with Crippen molar-refractivity contribution >= 4 is 39.1 Å². The van der Waals surface area contributed by atoms with E-state index >= 15 is 0 Å². The molecule has 0 radical (unpaired) electrons. The van der Waals surface area contributed by atoms with Gasteiger partial charge in [-0.15, -0.1) is 0 Å². The fraction of sp³-hybridized carbons (Fsp3) is 0.278. The molecule has 0 spiro atoms. The van der Waals surface area contributed by atoms with Crippen LogP contribution in [0.4, 0.5) is 5.69 Å². The predicted molar refractivity (Wildman–Crippen MR) is 178 cm³/mol. The van der Waals surface area contributed by atoms with Crippen LogP contribution in [0.2, 0.25) is 5.02 Å². The number of carbonyl (C=O) groups excluding carboxylic acids is 2. The number of nitrogens with one attached hydrogen (secondary N) is 1. The zero-order chi connectivity index (χ0) is 31.8. The largest absolute Gasteiger partial charge is 0.352 e. The van der Waals surface area contributed by atoms with E-state index in [9.17, 15) is 18.0 Å². The summed E-state index contributed by atoms with van der Waals surface area (Å²) in [6.45, 7) is 1.50. The molecule has 1 atom stereocenters. The number of hydrogen-bond acceptors (Lipinski definition) is 4. The van der Waals surface area contributed by atoms with Crippen LogP contribution in [0.15, 0.2) is 114 Å². The van der Waals surface area contributed by atoms with Gasteiger partial charge in [-0.05, 0) is 67.3 Å². The molecule has 5 rings (SSSR count). The van der Waals surface area contributed by atoms with Crippen LogP contribution in [-0.4, -0.2) is 43.8 Å². The van der Waals surface area contributed by atoms with Crippen molar-refractivity contribution < 1.29 is 18.0 Å². The summed E-state index contributed by atoms with van der Waals surface area (Å²) in [5.74, 6) is -0.735. The van der Waals surface area contributed by atoms with E-state index in [2.05, 4.69) is 5.32 Å². The fourth-order valence-electron chi connectivity index (χ4n) is 5.68. The lowest BCUT2D eigenvalue weighted by atomic mass is 10.0. The SMILES string of the molecule is Cc1ccc(S(=O)(=O)N(CC(=O)N(Cc2ccccc2)[C@H](Cc2ccccc2)C(=O)NC2CCCC2)c2ccc(Cl)cc2)cc1. The Morgan fingerprint density at radius 3 is 2.00 bits per heavy atom. The van der Waals surface area contributed by atoms with Crippen molar-refractivity contribution in [1.82, 2.24) is 10.2 Å². The lowest BCUT2D eigenvalue weighted by molar-refractivity contribution is -0.140. The Kier molecular flexibility index (Phi) is 10.6. The van der Waals surface area contributed by atoms with E-state index in [1.807, 2.05) is 67.6 Å². The first-order valence-electron chi connectivity index (χ1n) is 15.2. The molecule has 2 amide bonds. The molecule has 9 heteroatoms. The number of aryl methyl sites for hydroxylation is 1. The number of halogens is 1. The van der Waals surface area contributed by atoms with Crippen molar-refractivity contribution in [2.75, 3.05) is 10.8 Å². The average molecular weight is 644 g/mol. The van der Waals surface area contributed by atoms with Gasteiger partial charge in [0.2, 0.25) is 11.8 Å². The Labute approximate surface area is 270 Å². The Hall–Kier alpha value is -4.14. The molecule has 4 aromatic rings. The van der Waals surface area contributed by atoms with Crippen molar-refractivity contribution in [2.24, 2.45) is 0 Å². The molecule has 234 valence electrons. The summed E-state index contributed by atoms with van der Waals surface area (Å²) in [5.41, 5.74) is 2.94. The van der Waals surface area contributed by atoms with Crippen LogP contribution in [0.1, 0.15) is 42.4 Å². The molecule has 0 aliphatic heterocycles. The van der Waals surface area contributed by atoms with Gasteiger partial charge in [-0.2, -0.15) is 0 Å². The van der Waals surface area contributed by atoms with E-state index in [1.165, 1.54) is 17.0 Å². The van der Waals surface area contributed by atoms with E-state index in [4.69, 9.17) is 11.6 Å². The van der Waals surface area contributed by atoms with Gasteiger partial charge in [0, 0.05) is 24.0 Å². The summed E-state index contributed by atoms with van der Waals surface area (Å²) < 4.78 is 29.3. The maximum atomic E-state index is 14.5. The van der Waals surface area contributed by atoms with Crippen LogP contribution < -0.4 is 9.62 Å². The molecule has 4 aromatic carbocycles. The molecule has 1 aliphatic rings. The molecule has 0 aromatic heterocycles. The van der Waals surface area contributed by atoms with E-state index < -0.39 is 28.5 Å². The number of amides is 2. The van der Waals surface area contributed by atoms with Gasteiger partial charge in [0.1, 0.15) is 12.6 Å². The second-order valence-corrected chi connectivity index (χ2v) is 13.8. The standard InChI is InChI=1S/C36H38ClN3O4S/c1-27-16-22-33(23-17-27)45(43,44)40(32-20-18-30(37)19-21-32)26-35(41)39(25-29-12-6-3-7-13-29)34(24-28-10-4-2-5-11-28)36(42)38-31-14-8-9-15-31/h2-7,10-13,16-23,31,34H,8-9,14-15,24-26H2,1H3,(H,38,42)/t34-/m1/s1. The number of anilines is 1. The molecular formula is C36H38ClN3O4S. The van der Waals surface area contributed by atoms with Crippen molar-refractivity contribution in [3.05, 3.63) is 131 Å². The van der Waals surface area contributed by atoms with E-state index in [0.717, 1.165) is 46.7 Å². The van der Waals surface area contributed by atoms with Crippen LogP contribution in [0.5, 0.6) is 0 Å². The molecule has 0 bridgehead atoms. The zero-order valence-corrected chi connectivity index (χ0v) is 26.9. The van der Waals surface area contributed by atoms with Crippen LogP contribution in [0.25, 0.3) is 0 Å². The van der Waals surface area contributed by atoms with Gasteiger partial charge in [-0.25, -0.2) is 8.42 Å². The monoisotopic (exact) mass is 643 g/mol. The maximum absolute atomic E-state index is 14.5. The minimum atomic E-state index is -4.17. The van der Waals surface area contributed by atoms with Gasteiger partial charge >= 0.3 is 0 Å². The summed E-state index contributed by atoms with van der Waals surface area (Å²) in [7, 11) is -4.17. The first-order chi connectivity index (χ1) is 21.7. The molecule has 0 heterocycles. The third kappa shape index (κ3) is 8.32. The Bertz CT molecular complexity index is 1680. The molecule has 1 aliphatic carbocycles. The molecule has 0 unspecified atom stereocenters. The first-order valence-corrected chi connectivity index (χ1v) is 17.1. The third-order valence-electron chi connectivity index (χ3n) is 8.17. The topological polar surface area (TPSA) is 86.8 Å². The van der Waals surface area contributed by atoms with Crippen LogP contribution in [0, 0.1) is 6.92 Å².